The molecule has 1 unspecified atom stereocenters. The third kappa shape index (κ3) is 2.35. The summed E-state index contributed by atoms with van der Waals surface area (Å²) in [6.07, 6.45) is 5.47. The highest BCUT2D eigenvalue weighted by molar-refractivity contribution is 5.91. The van der Waals surface area contributed by atoms with Crippen molar-refractivity contribution in [3.8, 4) is 0 Å². The minimum absolute atomic E-state index is 0.771. The lowest BCUT2D eigenvalue weighted by Gasteiger charge is -2.33. The number of nitrogens with zero attached hydrogens (tertiary/aromatic N) is 3. The standard InChI is InChI=1S/C15H20N4/c1-2-11-4-3-7-19(9-11)15-13-8-12(16)5-6-14(13)17-10-18-15/h5-6,8,10-11H,2-4,7,9,16H2,1H3. The minimum atomic E-state index is 0.771. The Balaban J connectivity index is 2.02. The van der Waals surface area contributed by atoms with Crippen LogP contribution >= 0.6 is 0 Å². The van der Waals surface area contributed by atoms with E-state index < -0.39 is 0 Å². The third-order valence-corrected chi connectivity index (χ3v) is 4.03. The SMILES string of the molecule is CCC1CCCN(c2ncnc3ccc(N)cc23)C1. The zero-order chi connectivity index (χ0) is 13.2. The van der Waals surface area contributed by atoms with Gasteiger partial charge in [0.2, 0.25) is 0 Å². The molecule has 0 amide bonds. The van der Waals surface area contributed by atoms with Crippen LogP contribution in [-0.4, -0.2) is 23.1 Å². The van der Waals surface area contributed by atoms with Crippen LogP contribution in [0.25, 0.3) is 10.9 Å². The second-order valence-corrected chi connectivity index (χ2v) is 5.34. The quantitative estimate of drug-likeness (QED) is 0.839. The van der Waals surface area contributed by atoms with Gasteiger partial charge in [-0.1, -0.05) is 13.3 Å². The Kier molecular flexibility index (Phi) is 3.23. The van der Waals surface area contributed by atoms with Crippen LogP contribution in [0.5, 0.6) is 0 Å². The Labute approximate surface area is 113 Å². The van der Waals surface area contributed by atoms with Crippen molar-refractivity contribution in [3.05, 3.63) is 24.5 Å². The largest absolute Gasteiger partial charge is 0.399 e. The zero-order valence-electron chi connectivity index (χ0n) is 11.3. The van der Waals surface area contributed by atoms with Gasteiger partial charge in [-0.3, -0.25) is 0 Å². The van der Waals surface area contributed by atoms with Crippen LogP contribution in [0.15, 0.2) is 24.5 Å². The molecule has 0 aliphatic carbocycles. The van der Waals surface area contributed by atoms with E-state index in [2.05, 4.69) is 21.8 Å². The van der Waals surface area contributed by atoms with E-state index >= 15 is 0 Å². The van der Waals surface area contributed by atoms with E-state index in [1.165, 1.54) is 19.3 Å². The summed E-state index contributed by atoms with van der Waals surface area (Å²) >= 11 is 0. The van der Waals surface area contributed by atoms with Crippen molar-refractivity contribution in [2.75, 3.05) is 23.7 Å². The summed E-state index contributed by atoms with van der Waals surface area (Å²) in [5, 5.41) is 1.07. The number of anilines is 2. The fraction of sp³-hybridized carbons (Fsp3) is 0.467. The molecule has 1 fully saturated rings. The van der Waals surface area contributed by atoms with E-state index in [1.807, 2.05) is 18.2 Å². The minimum Gasteiger partial charge on any atom is -0.399 e. The second-order valence-electron chi connectivity index (χ2n) is 5.34. The monoisotopic (exact) mass is 256 g/mol. The van der Waals surface area contributed by atoms with Gasteiger partial charge in [0.1, 0.15) is 12.1 Å². The fourth-order valence-corrected chi connectivity index (χ4v) is 2.90. The van der Waals surface area contributed by atoms with Gasteiger partial charge in [-0.2, -0.15) is 0 Å². The highest BCUT2D eigenvalue weighted by atomic mass is 15.2. The first-order valence-electron chi connectivity index (χ1n) is 7.03. The number of hydrogen-bond acceptors (Lipinski definition) is 4. The van der Waals surface area contributed by atoms with Crippen molar-refractivity contribution in [1.82, 2.24) is 9.97 Å². The number of piperidine rings is 1. The van der Waals surface area contributed by atoms with E-state index in [9.17, 15) is 0 Å². The van der Waals surface area contributed by atoms with Gasteiger partial charge in [0, 0.05) is 24.2 Å². The lowest BCUT2D eigenvalue weighted by atomic mass is 9.95. The predicted molar refractivity (Wildman–Crippen MR) is 79.2 cm³/mol. The number of nitrogens with two attached hydrogens (primary N) is 1. The maximum atomic E-state index is 5.90. The van der Waals surface area contributed by atoms with E-state index in [1.54, 1.807) is 6.33 Å². The van der Waals surface area contributed by atoms with E-state index in [0.29, 0.717) is 0 Å². The first-order valence-corrected chi connectivity index (χ1v) is 7.03. The highest BCUT2D eigenvalue weighted by Gasteiger charge is 2.21. The molecule has 100 valence electrons. The fourth-order valence-electron chi connectivity index (χ4n) is 2.90. The number of rotatable bonds is 2. The summed E-state index contributed by atoms with van der Waals surface area (Å²) < 4.78 is 0. The number of hydrogen-bond donors (Lipinski definition) is 1. The number of aromatic nitrogens is 2. The molecule has 0 radical (unpaired) electrons. The first kappa shape index (κ1) is 12.2. The smallest absolute Gasteiger partial charge is 0.139 e. The van der Waals surface area contributed by atoms with E-state index in [4.69, 9.17) is 5.73 Å². The van der Waals surface area contributed by atoms with Crippen LogP contribution in [0.3, 0.4) is 0 Å². The first-order chi connectivity index (χ1) is 9.28. The Morgan fingerprint density at radius 2 is 2.26 bits per heavy atom. The van der Waals surface area contributed by atoms with Crippen LogP contribution < -0.4 is 10.6 Å². The molecule has 0 saturated carbocycles. The maximum absolute atomic E-state index is 5.90. The predicted octanol–water partition coefficient (Wildman–Crippen LogP) is 2.84. The molecule has 4 heteroatoms. The molecule has 0 bridgehead atoms. The van der Waals surface area contributed by atoms with Crippen molar-refractivity contribution < 1.29 is 0 Å². The Morgan fingerprint density at radius 3 is 3.11 bits per heavy atom. The van der Waals surface area contributed by atoms with Crippen LogP contribution in [0.2, 0.25) is 0 Å². The summed E-state index contributed by atoms with van der Waals surface area (Å²) in [6.45, 7) is 4.44. The molecule has 0 spiro atoms. The molecule has 3 rings (SSSR count). The van der Waals surface area contributed by atoms with Gasteiger partial charge in [-0.25, -0.2) is 9.97 Å². The Hall–Kier alpha value is -1.84. The van der Waals surface area contributed by atoms with Gasteiger partial charge in [0.25, 0.3) is 0 Å². The van der Waals surface area contributed by atoms with Gasteiger partial charge in [-0.15, -0.1) is 0 Å². The van der Waals surface area contributed by atoms with Gasteiger partial charge < -0.3 is 10.6 Å². The molecule has 19 heavy (non-hydrogen) atoms. The highest BCUT2D eigenvalue weighted by Crippen LogP contribution is 2.29. The lowest BCUT2D eigenvalue weighted by molar-refractivity contribution is 0.403. The molecule has 1 aromatic heterocycles. The van der Waals surface area contributed by atoms with Gasteiger partial charge in [0.05, 0.1) is 5.52 Å². The molecular weight excluding hydrogens is 236 g/mol. The van der Waals surface area contributed by atoms with Crippen molar-refractivity contribution >= 4 is 22.4 Å². The normalized spacial score (nSPS) is 19.8. The molecule has 1 aromatic carbocycles. The molecule has 1 aliphatic heterocycles. The summed E-state index contributed by atoms with van der Waals surface area (Å²) in [6, 6.07) is 5.85. The number of benzene rings is 1. The Bertz CT molecular complexity index is 581. The molecule has 1 aliphatic rings. The maximum Gasteiger partial charge on any atom is 0.139 e. The summed E-state index contributed by atoms with van der Waals surface area (Å²) in [5.41, 5.74) is 7.64. The second kappa shape index (κ2) is 5.03. The molecule has 1 atom stereocenters. The molecule has 2 heterocycles. The Morgan fingerprint density at radius 1 is 1.37 bits per heavy atom. The zero-order valence-corrected chi connectivity index (χ0v) is 11.3. The van der Waals surface area contributed by atoms with Crippen molar-refractivity contribution in [2.24, 2.45) is 5.92 Å². The molecule has 1 saturated heterocycles. The molecule has 2 aromatic rings. The summed E-state index contributed by atoms with van der Waals surface area (Å²) in [7, 11) is 0. The lowest BCUT2D eigenvalue weighted by Crippen LogP contribution is -2.35. The number of nitrogen functional groups attached to an aromatic ring is 1. The van der Waals surface area contributed by atoms with Crippen molar-refractivity contribution in [3.63, 3.8) is 0 Å². The molecule has 2 N–H and O–H groups in total. The van der Waals surface area contributed by atoms with Crippen molar-refractivity contribution in [1.29, 1.82) is 0 Å². The van der Waals surface area contributed by atoms with E-state index in [-0.39, 0.29) is 0 Å². The van der Waals surface area contributed by atoms with Gasteiger partial charge in [-0.05, 0) is 37.0 Å². The van der Waals surface area contributed by atoms with Gasteiger partial charge in [0.15, 0.2) is 0 Å². The van der Waals surface area contributed by atoms with Crippen molar-refractivity contribution in [2.45, 2.75) is 26.2 Å². The third-order valence-electron chi connectivity index (χ3n) is 4.03. The molecule has 4 nitrogen and oxygen atoms in total. The van der Waals surface area contributed by atoms with Crippen LogP contribution in [0, 0.1) is 5.92 Å². The molecular formula is C15H20N4. The average Bonchev–Trinajstić information content (AvgIpc) is 2.46. The van der Waals surface area contributed by atoms with Crippen LogP contribution in [-0.2, 0) is 0 Å². The van der Waals surface area contributed by atoms with Gasteiger partial charge >= 0.3 is 0 Å². The average molecular weight is 256 g/mol. The van der Waals surface area contributed by atoms with Crippen LogP contribution in [0.4, 0.5) is 11.5 Å². The van der Waals surface area contributed by atoms with E-state index in [0.717, 1.165) is 41.4 Å². The summed E-state index contributed by atoms with van der Waals surface area (Å²) in [5.74, 6) is 1.82. The van der Waals surface area contributed by atoms with Crippen LogP contribution in [0.1, 0.15) is 26.2 Å². The topological polar surface area (TPSA) is 55.0 Å². The summed E-state index contributed by atoms with van der Waals surface area (Å²) in [4.78, 5) is 11.2. The number of fused-ring (bicyclic) bond motifs is 1.